The number of nitriles is 1. The second-order valence-electron chi connectivity index (χ2n) is 2.92. The van der Waals surface area contributed by atoms with E-state index in [0.29, 0.717) is 0 Å². The van der Waals surface area contributed by atoms with E-state index < -0.39 is 24.9 Å². The van der Waals surface area contributed by atoms with Gasteiger partial charge >= 0.3 is 12.6 Å². The van der Waals surface area contributed by atoms with Crippen molar-refractivity contribution in [2.24, 2.45) is 0 Å². The minimum Gasteiger partial charge on any atom is -0.478 e. The summed E-state index contributed by atoms with van der Waals surface area (Å²) < 4.78 is 28.3. The maximum absolute atomic E-state index is 12.1. The van der Waals surface area contributed by atoms with Crippen LogP contribution in [-0.2, 0) is 6.61 Å². The molecule has 1 aromatic carbocycles. The fourth-order valence-corrected chi connectivity index (χ4v) is 1.30. The molecular weight excluding hydrogens is 236 g/mol. The van der Waals surface area contributed by atoms with Crippen LogP contribution in [-0.4, -0.2) is 22.8 Å². The summed E-state index contributed by atoms with van der Waals surface area (Å²) in [6, 6.07) is 3.67. The summed E-state index contributed by atoms with van der Waals surface area (Å²) in [4.78, 5) is 10.8. The molecule has 0 aliphatic rings. The van der Waals surface area contributed by atoms with Crippen LogP contribution in [0.5, 0.6) is 5.75 Å². The Hall–Kier alpha value is -2.20. The van der Waals surface area contributed by atoms with Crippen LogP contribution in [0, 0.1) is 11.3 Å². The number of aliphatic hydroxyl groups is 1. The zero-order chi connectivity index (χ0) is 13.0. The minimum absolute atomic E-state index is 0.264. The molecule has 0 aliphatic carbocycles. The SMILES string of the molecule is N#Cc1ccc(C(=O)O)c(CO)c1OC(F)F. The van der Waals surface area contributed by atoms with Crippen molar-refractivity contribution in [1.82, 2.24) is 0 Å². The second-order valence-corrected chi connectivity index (χ2v) is 2.92. The number of ether oxygens (including phenoxy) is 1. The first-order valence-electron chi connectivity index (χ1n) is 4.36. The molecule has 0 fully saturated rings. The fourth-order valence-electron chi connectivity index (χ4n) is 1.30. The first-order chi connectivity index (χ1) is 8.01. The number of carboxylic acids is 1. The largest absolute Gasteiger partial charge is 0.478 e. The van der Waals surface area contributed by atoms with Crippen molar-refractivity contribution in [1.29, 1.82) is 5.26 Å². The second kappa shape index (κ2) is 5.23. The lowest BCUT2D eigenvalue weighted by atomic mass is 10.0. The molecule has 0 aromatic heterocycles. The molecule has 0 radical (unpaired) electrons. The summed E-state index contributed by atoms with van der Waals surface area (Å²) in [6.45, 7) is -4.03. The van der Waals surface area contributed by atoms with E-state index in [1.807, 2.05) is 0 Å². The van der Waals surface area contributed by atoms with Gasteiger partial charge in [0.05, 0.1) is 17.7 Å². The Morgan fingerprint density at radius 3 is 2.59 bits per heavy atom. The van der Waals surface area contributed by atoms with Gasteiger partial charge in [0.1, 0.15) is 11.8 Å². The van der Waals surface area contributed by atoms with Gasteiger partial charge in [-0.05, 0) is 12.1 Å². The topological polar surface area (TPSA) is 90.6 Å². The van der Waals surface area contributed by atoms with Gasteiger partial charge in [0.2, 0.25) is 0 Å². The number of nitrogens with zero attached hydrogens (tertiary/aromatic N) is 1. The van der Waals surface area contributed by atoms with E-state index >= 15 is 0 Å². The molecule has 17 heavy (non-hydrogen) atoms. The van der Waals surface area contributed by atoms with Crippen LogP contribution in [0.2, 0.25) is 0 Å². The van der Waals surface area contributed by atoms with Gasteiger partial charge in [0.25, 0.3) is 0 Å². The Bertz CT molecular complexity index is 482. The lowest BCUT2D eigenvalue weighted by Gasteiger charge is -2.12. The van der Waals surface area contributed by atoms with Crippen molar-refractivity contribution in [3.05, 3.63) is 28.8 Å². The van der Waals surface area contributed by atoms with E-state index in [2.05, 4.69) is 4.74 Å². The number of aliphatic hydroxyl groups excluding tert-OH is 1. The monoisotopic (exact) mass is 243 g/mol. The summed E-state index contributed by atoms with van der Waals surface area (Å²) >= 11 is 0. The smallest absolute Gasteiger partial charge is 0.387 e. The van der Waals surface area contributed by atoms with Gasteiger partial charge in [-0.2, -0.15) is 14.0 Å². The molecule has 0 saturated heterocycles. The fraction of sp³-hybridized carbons (Fsp3) is 0.200. The third kappa shape index (κ3) is 2.68. The number of aromatic carboxylic acids is 1. The molecule has 0 amide bonds. The molecule has 0 bridgehead atoms. The molecule has 0 spiro atoms. The van der Waals surface area contributed by atoms with Crippen LogP contribution in [0.15, 0.2) is 12.1 Å². The van der Waals surface area contributed by atoms with Crippen LogP contribution in [0.1, 0.15) is 21.5 Å². The normalized spacial score (nSPS) is 10.1. The van der Waals surface area contributed by atoms with Gasteiger partial charge in [0.15, 0.2) is 0 Å². The number of carbonyl (C=O) groups is 1. The molecule has 5 nitrogen and oxygen atoms in total. The molecule has 0 heterocycles. The molecule has 90 valence electrons. The number of hydrogen-bond donors (Lipinski definition) is 2. The summed E-state index contributed by atoms with van der Waals surface area (Å²) in [5, 5.41) is 26.4. The molecule has 2 N–H and O–H groups in total. The van der Waals surface area contributed by atoms with E-state index in [1.165, 1.54) is 0 Å². The first-order valence-corrected chi connectivity index (χ1v) is 4.36. The van der Waals surface area contributed by atoms with Gasteiger partial charge in [0, 0.05) is 5.56 Å². The zero-order valence-electron chi connectivity index (χ0n) is 8.35. The standard InChI is InChI=1S/C10H7F2NO4/c11-10(12)17-8-5(3-13)1-2-6(9(15)16)7(8)4-14/h1-2,10,14H,4H2,(H,15,16). The number of carboxylic acid groups (broad SMARTS) is 1. The highest BCUT2D eigenvalue weighted by molar-refractivity contribution is 5.90. The third-order valence-electron chi connectivity index (χ3n) is 1.98. The molecule has 0 aliphatic heterocycles. The number of alkyl halides is 2. The highest BCUT2D eigenvalue weighted by Crippen LogP contribution is 2.28. The van der Waals surface area contributed by atoms with E-state index in [-0.39, 0.29) is 16.7 Å². The molecule has 0 unspecified atom stereocenters. The van der Waals surface area contributed by atoms with Crippen molar-refractivity contribution in [3.8, 4) is 11.8 Å². The third-order valence-corrected chi connectivity index (χ3v) is 1.98. The van der Waals surface area contributed by atoms with Gasteiger partial charge < -0.3 is 14.9 Å². The molecule has 0 atom stereocenters. The number of rotatable bonds is 4. The van der Waals surface area contributed by atoms with E-state index in [9.17, 15) is 13.6 Å². The summed E-state index contributed by atoms with van der Waals surface area (Å²) in [7, 11) is 0. The summed E-state index contributed by atoms with van der Waals surface area (Å²) in [6.07, 6.45) is 0. The first kappa shape index (κ1) is 12.9. The lowest BCUT2D eigenvalue weighted by molar-refractivity contribution is -0.0512. The molecule has 7 heteroatoms. The average molecular weight is 243 g/mol. The number of hydrogen-bond acceptors (Lipinski definition) is 4. The summed E-state index contributed by atoms with van der Waals surface area (Å²) in [5.41, 5.74) is -1.00. The summed E-state index contributed by atoms with van der Waals surface area (Å²) in [5.74, 6) is -2.01. The van der Waals surface area contributed by atoms with Crippen molar-refractivity contribution < 1.29 is 28.5 Å². The Labute approximate surface area is 94.5 Å². The quantitative estimate of drug-likeness (QED) is 0.832. The predicted molar refractivity (Wildman–Crippen MR) is 50.7 cm³/mol. The van der Waals surface area contributed by atoms with E-state index in [0.717, 1.165) is 12.1 Å². The van der Waals surface area contributed by atoms with E-state index in [4.69, 9.17) is 15.5 Å². The van der Waals surface area contributed by atoms with Gasteiger partial charge in [-0.1, -0.05) is 0 Å². The van der Waals surface area contributed by atoms with Crippen LogP contribution in [0.25, 0.3) is 0 Å². The predicted octanol–water partition coefficient (Wildman–Crippen LogP) is 1.35. The lowest BCUT2D eigenvalue weighted by Crippen LogP contribution is -2.10. The van der Waals surface area contributed by atoms with Crippen molar-refractivity contribution in [2.75, 3.05) is 0 Å². The zero-order valence-corrected chi connectivity index (χ0v) is 8.35. The van der Waals surface area contributed by atoms with Gasteiger partial charge in [-0.3, -0.25) is 0 Å². The Kier molecular flexibility index (Phi) is 3.96. The van der Waals surface area contributed by atoms with Crippen molar-refractivity contribution >= 4 is 5.97 Å². The highest BCUT2D eigenvalue weighted by Gasteiger charge is 2.20. The Morgan fingerprint density at radius 2 is 2.18 bits per heavy atom. The van der Waals surface area contributed by atoms with Crippen molar-refractivity contribution in [3.63, 3.8) is 0 Å². The minimum atomic E-state index is -3.21. The van der Waals surface area contributed by atoms with Crippen LogP contribution >= 0.6 is 0 Å². The van der Waals surface area contributed by atoms with E-state index in [1.54, 1.807) is 6.07 Å². The average Bonchev–Trinajstić information content (AvgIpc) is 2.27. The van der Waals surface area contributed by atoms with Gasteiger partial charge in [-0.25, -0.2) is 4.79 Å². The highest BCUT2D eigenvalue weighted by atomic mass is 19.3. The Balaban J connectivity index is 3.44. The van der Waals surface area contributed by atoms with Crippen molar-refractivity contribution in [2.45, 2.75) is 13.2 Å². The molecule has 0 saturated carbocycles. The molecule has 1 aromatic rings. The number of benzene rings is 1. The molecular formula is C10H7F2NO4. The number of halogens is 2. The Morgan fingerprint density at radius 1 is 1.53 bits per heavy atom. The van der Waals surface area contributed by atoms with Crippen LogP contribution < -0.4 is 4.74 Å². The maximum Gasteiger partial charge on any atom is 0.387 e. The maximum atomic E-state index is 12.1. The van der Waals surface area contributed by atoms with Crippen LogP contribution in [0.3, 0.4) is 0 Å². The van der Waals surface area contributed by atoms with Gasteiger partial charge in [-0.15, -0.1) is 0 Å². The molecule has 1 rings (SSSR count). The van der Waals surface area contributed by atoms with Crippen LogP contribution in [0.4, 0.5) is 8.78 Å².